The number of carbonyl (C=O) groups excluding carboxylic acids is 1. The van der Waals surface area contributed by atoms with E-state index in [9.17, 15) is 9.18 Å². The third-order valence-corrected chi connectivity index (χ3v) is 3.57. The summed E-state index contributed by atoms with van der Waals surface area (Å²) >= 11 is 6.03. The van der Waals surface area contributed by atoms with E-state index in [1.165, 1.54) is 12.1 Å². The molecule has 0 aliphatic heterocycles. The highest BCUT2D eigenvalue weighted by atomic mass is 35.5. The molecule has 2 aromatic rings. The van der Waals surface area contributed by atoms with E-state index < -0.39 is 5.91 Å². The second kappa shape index (κ2) is 6.59. The molecular formula is C16H16ClFN2O. The van der Waals surface area contributed by atoms with Crippen LogP contribution in [0.25, 0.3) is 0 Å². The van der Waals surface area contributed by atoms with E-state index in [1.54, 1.807) is 30.3 Å². The number of carbonyl (C=O) groups is 1. The van der Waals surface area contributed by atoms with Gasteiger partial charge in [-0.15, -0.1) is 0 Å². The number of hydrogen-bond donors (Lipinski definition) is 2. The van der Waals surface area contributed by atoms with Crippen molar-refractivity contribution in [3.05, 3.63) is 64.4 Å². The van der Waals surface area contributed by atoms with Crippen LogP contribution in [-0.2, 0) is 0 Å². The zero-order valence-corrected chi connectivity index (χ0v) is 12.3. The first-order chi connectivity index (χ1) is 10.0. The number of amides is 1. The van der Waals surface area contributed by atoms with Gasteiger partial charge >= 0.3 is 0 Å². The van der Waals surface area contributed by atoms with E-state index in [-0.39, 0.29) is 17.4 Å². The van der Waals surface area contributed by atoms with Crippen LogP contribution in [0.15, 0.2) is 42.5 Å². The van der Waals surface area contributed by atoms with Crippen molar-refractivity contribution < 1.29 is 9.18 Å². The van der Waals surface area contributed by atoms with Gasteiger partial charge in [-0.2, -0.15) is 0 Å². The Hall–Kier alpha value is -2.07. The van der Waals surface area contributed by atoms with Gasteiger partial charge in [-0.05, 0) is 42.3 Å². The number of halogens is 2. The number of nitrogens with two attached hydrogens (primary N) is 1. The lowest BCUT2D eigenvalue weighted by molar-refractivity contribution is 0.100. The highest BCUT2D eigenvalue weighted by Crippen LogP contribution is 2.26. The largest absolute Gasteiger partial charge is 0.378 e. The van der Waals surface area contributed by atoms with E-state index in [4.69, 9.17) is 17.3 Å². The molecule has 3 N–H and O–H groups in total. The van der Waals surface area contributed by atoms with Gasteiger partial charge in [-0.1, -0.05) is 30.7 Å². The molecule has 0 fully saturated rings. The van der Waals surface area contributed by atoms with Gasteiger partial charge in [-0.25, -0.2) is 4.39 Å². The molecule has 110 valence electrons. The van der Waals surface area contributed by atoms with E-state index in [2.05, 4.69) is 5.32 Å². The lowest BCUT2D eigenvalue weighted by Gasteiger charge is -2.19. The van der Waals surface area contributed by atoms with Crippen LogP contribution in [0.3, 0.4) is 0 Å². The number of anilines is 1. The molecule has 0 aliphatic carbocycles. The third kappa shape index (κ3) is 3.73. The smallest absolute Gasteiger partial charge is 0.250 e. The first-order valence-electron chi connectivity index (χ1n) is 6.62. The summed E-state index contributed by atoms with van der Waals surface area (Å²) in [5.41, 5.74) is 7.27. The average molecular weight is 307 g/mol. The average Bonchev–Trinajstić information content (AvgIpc) is 2.45. The van der Waals surface area contributed by atoms with Crippen molar-refractivity contribution in [3.8, 4) is 0 Å². The number of primary amides is 1. The Kier molecular flexibility index (Phi) is 4.81. The molecule has 21 heavy (non-hydrogen) atoms. The van der Waals surface area contributed by atoms with Crippen LogP contribution in [0.2, 0.25) is 5.02 Å². The molecule has 1 amide bonds. The van der Waals surface area contributed by atoms with Crippen molar-refractivity contribution in [1.82, 2.24) is 0 Å². The molecule has 0 aliphatic rings. The second-order valence-electron chi connectivity index (χ2n) is 4.72. The van der Waals surface area contributed by atoms with Crippen molar-refractivity contribution >= 4 is 23.2 Å². The minimum Gasteiger partial charge on any atom is -0.378 e. The Labute approximate surface area is 127 Å². The summed E-state index contributed by atoms with van der Waals surface area (Å²) in [6.45, 7) is 2.03. The van der Waals surface area contributed by atoms with Crippen LogP contribution >= 0.6 is 11.6 Å². The van der Waals surface area contributed by atoms with E-state index in [0.29, 0.717) is 5.02 Å². The van der Waals surface area contributed by atoms with Crippen molar-refractivity contribution in [2.75, 3.05) is 5.32 Å². The molecule has 5 heteroatoms. The number of rotatable bonds is 5. The van der Waals surface area contributed by atoms with Crippen LogP contribution in [-0.4, -0.2) is 5.91 Å². The quantitative estimate of drug-likeness (QED) is 0.872. The molecule has 0 spiro atoms. The number of nitrogens with one attached hydrogen (secondary N) is 1. The van der Waals surface area contributed by atoms with Gasteiger partial charge < -0.3 is 11.1 Å². The SMILES string of the molecule is CCC(Nc1ccc(C(N)=O)c(Cl)c1)c1ccc(F)cc1. The van der Waals surface area contributed by atoms with Crippen molar-refractivity contribution in [2.24, 2.45) is 5.73 Å². The summed E-state index contributed by atoms with van der Waals surface area (Å²) in [4.78, 5) is 11.1. The molecular weight excluding hydrogens is 291 g/mol. The van der Waals surface area contributed by atoms with Gasteiger partial charge in [0.2, 0.25) is 5.91 Å². The number of benzene rings is 2. The molecule has 0 heterocycles. The predicted octanol–water partition coefficient (Wildman–Crippen LogP) is 4.14. The fourth-order valence-corrected chi connectivity index (χ4v) is 2.40. The van der Waals surface area contributed by atoms with Crippen LogP contribution in [0, 0.1) is 5.82 Å². The molecule has 1 atom stereocenters. The van der Waals surface area contributed by atoms with Crippen LogP contribution < -0.4 is 11.1 Å². The molecule has 0 radical (unpaired) electrons. The monoisotopic (exact) mass is 306 g/mol. The molecule has 2 aromatic carbocycles. The molecule has 0 bridgehead atoms. The van der Waals surface area contributed by atoms with Crippen molar-refractivity contribution in [1.29, 1.82) is 0 Å². The highest BCUT2D eigenvalue weighted by Gasteiger charge is 2.11. The summed E-state index contributed by atoms with van der Waals surface area (Å²) in [6, 6.07) is 11.4. The zero-order chi connectivity index (χ0) is 15.4. The van der Waals surface area contributed by atoms with Crippen molar-refractivity contribution in [2.45, 2.75) is 19.4 Å². The van der Waals surface area contributed by atoms with Crippen LogP contribution in [0.1, 0.15) is 35.3 Å². The molecule has 0 saturated heterocycles. The minimum atomic E-state index is -0.558. The summed E-state index contributed by atoms with van der Waals surface area (Å²) in [5, 5.41) is 3.62. The first-order valence-corrected chi connectivity index (χ1v) is 7.00. The van der Waals surface area contributed by atoms with Gasteiger partial charge in [0, 0.05) is 5.69 Å². The lowest BCUT2D eigenvalue weighted by atomic mass is 10.0. The highest BCUT2D eigenvalue weighted by molar-refractivity contribution is 6.34. The molecule has 1 unspecified atom stereocenters. The van der Waals surface area contributed by atoms with Crippen molar-refractivity contribution in [3.63, 3.8) is 0 Å². The zero-order valence-electron chi connectivity index (χ0n) is 11.6. The van der Waals surface area contributed by atoms with Gasteiger partial charge in [0.05, 0.1) is 16.6 Å². The maximum atomic E-state index is 13.0. The summed E-state index contributed by atoms with van der Waals surface area (Å²) in [7, 11) is 0. The first kappa shape index (κ1) is 15.3. The molecule has 0 saturated carbocycles. The fourth-order valence-electron chi connectivity index (χ4n) is 2.12. The van der Waals surface area contributed by atoms with Gasteiger partial charge in [0.25, 0.3) is 0 Å². The van der Waals surface area contributed by atoms with E-state index in [0.717, 1.165) is 17.7 Å². The number of hydrogen-bond acceptors (Lipinski definition) is 2. The Bertz CT molecular complexity index is 643. The molecule has 2 rings (SSSR count). The summed E-state index contributed by atoms with van der Waals surface area (Å²) < 4.78 is 13.0. The Morgan fingerprint density at radius 3 is 2.48 bits per heavy atom. The maximum absolute atomic E-state index is 13.0. The van der Waals surface area contributed by atoms with E-state index in [1.807, 2.05) is 6.92 Å². The minimum absolute atomic E-state index is 0.0288. The topological polar surface area (TPSA) is 55.1 Å². The van der Waals surface area contributed by atoms with Gasteiger partial charge in [0.15, 0.2) is 0 Å². The fraction of sp³-hybridized carbons (Fsp3) is 0.188. The maximum Gasteiger partial charge on any atom is 0.250 e. The van der Waals surface area contributed by atoms with E-state index >= 15 is 0 Å². The summed E-state index contributed by atoms with van der Waals surface area (Å²) in [5.74, 6) is -0.820. The lowest BCUT2D eigenvalue weighted by Crippen LogP contribution is -2.13. The molecule has 3 nitrogen and oxygen atoms in total. The van der Waals surface area contributed by atoms with Crippen LogP contribution in [0.4, 0.5) is 10.1 Å². The third-order valence-electron chi connectivity index (χ3n) is 3.26. The standard InChI is InChI=1S/C16H16ClFN2O/c1-2-15(10-3-5-11(18)6-4-10)20-12-7-8-13(16(19)21)14(17)9-12/h3-9,15,20H,2H2,1H3,(H2,19,21). The van der Waals surface area contributed by atoms with Crippen LogP contribution in [0.5, 0.6) is 0 Å². The molecule has 0 aromatic heterocycles. The Morgan fingerprint density at radius 1 is 1.29 bits per heavy atom. The Morgan fingerprint density at radius 2 is 1.95 bits per heavy atom. The normalized spacial score (nSPS) is 12.0. The Balaban J connectivity index is 2.20. The van der Waals surface area contributed by atoms with Gasteiger partial charge in [0.1, 0.15) is 5.82 Å². The van der Waals surface area contributed by atoms with Gasteiger partial charge in [-0.3, -0.25) is 4.79 Å². The summed E-state index contributed by atoms with van der Waals surface area (Å²) in [6.07, 6.45) is 0.820. The second-order valence-corrected chi connectivity index (χ2v) is 5.12. The predicted molar refractivity (Wildman–Crippen MR) is 83.0 cm³/mol.